The largest absolute Gasteiger partial charge is 0.494 e. The Morgan fingerprint density at radius 2 is 1.75 bits per heavy atom. The second-order valence-electron chi connectivity index (χ2n) is 7.32. The zero-order valence-corrected chi connectivity index (χ0v) is 19.0. The highest BCUT2D eigenvalue weighted by atomic mass is 35.5. The third-order valence-electron chi connectivity index (χ3n) is 5.17. The van der Waals surface area contributed by atoms with Crippen LogP contribution in [0.15, 0.2) is 65.2 Å². The molecule has 0 unspecified atom stereocenters. The number of halogens is 1. The Kier molecular flexibility index (Phi) is 7.24. The van der Waals surface area contributed by atoms with Gasteiger partial charge in [-0.15, -0.1) is 0 Å². The van der Waals surface area contributed by atoms with Gasteiger partial charge in [0.05, 0.1) is 11.6 Å². The highest BCUT2D eigenvalue weighted by Gasteiger charge is 2.10. The van der Waals surface area contributed by atoms with E-state index in [1.165, 1.54) is 0 Å². The van der Waals surface area contributed by atoms with Gasteiger partial charge in [0.15, 0.2) is 5.58 Å². The summed E-state index contributed by atoms with van der Waals surface area (Å²) < 4.78 is 17.6. The number of fused-ring (bicyclic) bond motifs is 1. The summed E-state index contributed by atoms with van der Waals surface area (Å²) in [5, 5.41) is 0.559. The minimum atomic E-state index is 0.459. The van der Waals surface area contributed by atoms with Gasteiger partial charge in [0.25, 0.3) is 0 Å². The van der Waals surface area contributed by atoms with Gasteiger partial charge in [-0.2, -0.15) is 0 Å². The van der Waals surface area contributed by atoms with Crippen molar-refractivity contribution in [2.45, 2.75) is 20.3 Å². The standard InChI is InChI=1S/C25H26ClN3O3/c1-3-29(4-2)14-5-15-30-20-9-6-18(7-10-20)25-28-22-12-11-21(16-23(22)32-25)31-24-13-8-19(26)17-27-24/h6-13,16-17H,3-5,14-15H2,1-2H3. The van der Waals surface area contributed by atoms with Crippen LogP contribution in [0.5, 0.6) is 17.4 Å². The van der Waals surface area contributed by atoms with Crippen molar-refractivity contribution < 1.29 is 13.9 Å². The fourth-order valence-corrected chi connectivity index (χ4v) is 3.46. The van der Waals surface area contributed by atoms with Crippen molar-refractivity contribution in [1.29, 1.82) is 0 Å². The molecule has 0 spiro atoms. The molecule has 0 saturated heterocycles. The summed E-state index contributed by atoms with van der Waals surface area (Å²) in [4.78, 5) is 11.1. The number of hydrogen-bond donors (Lipinski definition) is 0. The van der Waals surface area contributed by atoms with Crippen LogP contribution in [-0.2, 0) is 0 Å². The summed E-state index contributed by atoms with van der Waals surface area (Å²) in [6, 6.07) is 16.7. The van der Waals surface area contributed by atoms with Crippen molar-refractivity contribution in [3.05, 3.63) is 65.8 Å². The number of hydrogen-bond acceptors (Lipinski definition) is 6. The molecule has 2 aromatic carbocycles. The van der Waals surface area contributed by atoms with Gasteiger partial charge < -0.3 is 18.8 Å². The third-order valence-corrected chi connectivity index (χ3v) is 5.39. The first kappa shape index (κ1) is 22.1. The predicted molar refractivity (Wildman–Crippen MR) is 127 cm³/mol. The highest BCUT2D eigenvalue weighted by Crippen LogP contribution is 2.29. The Morgan fingerprint density at radius 3 is 2.47 bits per heavy atom. The lowest BCUT2D eigenvalue weighted by Gasteiger charge is -2.17. The van der Waals surface area contributed by atoms with Gasteiger partial charge in [0, 0.05) is 30.4 Å². The van der Waals surface area contributed by atoms with Crippen molar-refractivity contribution in [2.24, 2.45) is 0 Å². The summed E-state index contributed by atoms with van der Waals surface area (Å²) in [6.07, 6.45) is 2.55. The van der Waals surface area contributed by atoms with Gasteiger partial charge in [0.2, 0.25) is 11.8 Å². The predicted octanol–water partition coefficient (Wildman–Crippen LogP) is 6.45. The van der Waals surface area contributed by atoms with Crippen LogP contribution < -0.4 is 9.47 Å². The number of ether oxygens (including phenoxy) is 2. The van der Waals surface area contributed by atoms with Crippen LogP contribution in [0.4, 0.5) is 0 Å². The molecule has 6 nitrogen and oxygen atoms in total. The lowest BCUT2D eigenvalue weighted by Crippen LogP contribution is -2.25. The van der Waals surface area contributed by atoms with Gasteiger partial charge in [-0.05, 0) is 62.0 Å². The Hall–Kier alpha value is -3.09. The summed E-state index contributed by atoms with van der Waals surface area (Å²) in [7, 11) is 0. The smallest absolute Gasteiger partial charge is 0.227 e. The number of aromatic nitrogens is 2. The Balaban J connectivity index is 1.39. The van der Waals surface area contributed by atoms with E-state index in [0.29, 0.717) is 34.7 Å². The van der Waals surface area contributed by atoms with E-state index in [9.17, 15) is 0 Å². The van der Waals surface area contributed by atoms with Crippen LogP contribution in [0.2, 0.25) is 5.02 Å². The van der Waals surface area contributed by atoms with E-state index in [1.807, 2.05) is 36.4 Å². The van der Waals surface area contributed by atoms with E-state index in [4.69, 9.17) is 25.5 Å². The topological polar surface area (TPSA) is 60.6 Å². The first-order valence-corrected chi connectivity index (χ1v) is 11.2. The molecular formula is C25H26ClN3O3. The lowest BCUT2D eigenvalue weighted by atomic mass is 10.2. The van der Waals surface area contributed by atoms with Crippen molar-refractivity contribution in [3.8, 4) is 28.8 Å². The summed E-state index contributed by atoms with van der Waals surface area (Å²) >= 11 is 5.87. The average Bonchev–Trinajstić information content (AvgIpc) is 3.24. The maximum atomic E-state index is 5.96. The third kappa shape index (κ3) is 5.58. The van der Waals surface area contributed by atoms with Crippen molar-refractivity contribution in [3.63, 3.8) is 0 Å². The fourth-order valence-electron chi connectivity index (χ4n) is 3.35. The maximum absolute atomic E-state index is 5.96. The Morgan fingerprint density at radius 1 is 0.969 bits per heavy atom. The molecule has 0 saturated carbocycles. The van der Waals surface area contributed by atoms with Crippen LogP contribution in [0, 0.1) is 0 Å². The summed E-state index contributed by atoms with van der Waals surface area (Å²) in [5.74, 6) is 2.47. The minimum absolute atomic E-state index is 0.459. The number of pyridine rings is 1. The molecule has 7 heteroatoms. The molecule has 0 N–H and O–H groups in total. The number of oxazole rings is 1. The quantitative estimate of drug-likeness (QED) is 0.258. The SMILES string of the molecule is CCN(CC)CCCOc1ccc(-c2nc3ccc(Oc4ccc(Cl)cn4)cc3o2)cc1. The zero-order chi connectivity index (χ0) is 22.3. The van der Waals surface area contributed by atoms with E-state index < -0.39 is 0 Å². The number of benzene rings is 2. The highest BCUT2D eigenvalue weighted by molar-refractivity contribution is 6.30. The molecular weight excluding hydrogens is 426 g/mol. The van der Waals surface area contributed by atoms with Crippen molar-refractivity contribution in [2.75, 3.05) is 26.2 Å². The molecule has 0 fully saturated rings. The molecule has 4 aromatic rings. The first-order valence-electron chi connectivity index (χ1n) is 10.8. The average molecular weight is 452 g/mol. The van der Waals surface area contributed by atoms with Crippen molar-refractivity contribution in [1.82, 2.24) is 14.9 Å². The minimum Gasteiger partial charge on any atom is -0.494 e. The van der Waals surface area contributed by atoms with E-state index in [-0.39, 0.29) is 0 Å². The zero-order valence-electron chi connectivity index (χ0n) is 18.3. The number of rotatable bonds is 10. The van der Waals surface area contributed by atoms with Crippen LogP contribution in [-0.4, -0.2) is 41.1 Å². The molecule has 0 aliphatic carbocycles. The fraction of sp³-hybridized carbons (Fsp3) is 0.280. The lowest BCUT2D eigenvalue weighted by molar-refractivity contribution is 0.249. The molecule has 0 aliphatic rings. The van der Waals surface area contributed by atoms with Gasteiger partial charge in [-0.3, -0.25) is 0 Å². The normalized spacial score (nSPS) is 11.2. The van der Waals surface area contributed by atoms with Gasteiger partial charge in [-0.25, -0.2) is 9.97 Å². The molecule has 32 heavy (non-hydrogen) atoms. The summed E-state index contributed by atoms with van der Waals surface area (Å²) in [6.45, 7) is 8.25. The molecule has 166 valence electrons. The first-order chi connectivity index (χ1) is 15.6. The maximum Gasteiger partial charge on any atom is 0.227 e. The number of nitrogens with zero attached hydrogens (tertiary/aromatic N) is 3. The monoisotopic (exact) mass is 451 g/mol. The molecule has 2 aromatic heterocycles. The van der Waals surface area contributed by atoms with E-state index in [0.717, 1.165) is 42.9 Å². The molecule has 0 bridgehead atoms. The molecule has 0 radical (unpaired) electrons. The van der Waals surface area contributed by atoms with E-state index in [1.54, 1.807) is 24.4 Å². The Bertz CT molecular complexity index is 1140. The van der Waals surface area contributed by atoms with E-state index in [2.05, 4.69) is 28.7 Å². The van der Waals surface area contributed by atoms with Crippen LogP contribution >= 0.6 is 11.6 Å². The van der Waals surface area contributed by atoms with E-state index >= 15 is 0 Å². The molecule has 2 heterocycles. The van der Waals surface area contributed by atoms with Crippen molar-refractivity contribution >= 4 is 22.7 Å². The summed E-state index contributed by atoms with van der Waals surface area (Å²) in [5.41, 5.74) is 2.29. The van der Waals surface area contributed by atoms with Crippen LogP contribution in [0.25, 0.3) is 22.6 Å². The van der Waals surface area contributed by atoms with Gasteiger partial charge in [0.1, 0.15) is 17.0 Å². The van der Waals surface area contributed by atoms with Gasteiger partial charge in [-0.1, -0.05) is 25.4 Å². The Labute approximate surface area is 192 Å². The molecule has 0 amide bonds. The molecule has 4 rings (SSSR count). The van der Waals surface area contributed by atoms with Gasteiger partial charge >= 0.3 is 0 Å². The second-order valence-corrected chi connectivity index (χ2v) is 7.75. The van der Waals surface area contributed by atoms with Crippen LogP contribution in [0.3, 0.4) is 0 Å². The molecule has 0 atom stereocenters. The second kappa shape index (κ2) is 10.5. The van der Waals surface area contributed by atoms with Crippen LogP contribution in [0.1, 0.15) is 20.3 Å². The molecule has 0 aliphatic heterocycles.